The Balaban J connectivity index is 2.14. The van der Waals surface area contributed by atoms with Crippen molar-refractivity contribution in [1.82, 2.24) is 24.8 Å². The number of hydrogen-bond donors (Lipinski definition) is 1. The van der Waals surface area contributed by atoms with Gasteiger partial charge in [-0.15, -0.1) is 0 Å². The van der Waals surface area contributed by atoms with Crippen LogP contribution in [0.15, 0.2) is 30.9 Å². The molecule has 2 aromatic heterocycles. The molecule has 3 aromatic rings. The maximum absolute atomic E-state index is 4.61. The molecule has 0 fully saturated rings. The largest absolute Gasteiger partial charge is 0.314 e. The van der Waals surface area contributed by atoms with E-state index in [4.69, 9.17) is 0 Å². The highest BCUT2D eigenvalue weighted by Crippen LogP contribution is 2.20. The van der Waals surface area contributed by atoms with Gasteiger partial charge in [-0.1, -0.05) is 0 Å². The van der Waals surface area contributed by atoms with Gasteiger partial charge in [0.15, 0.2) is 5.82 Å². The predicted molar refractivity (Wildman–Crippen MR) is 78.9 cm³/mol. The maximum Gasteiger partial charge on any atom is 0.157 e. The Labute approximate surface area is 117 Å². The Hall–Kier alpha value is -2.27. The average molecular weight is 267 g/mol. The van der Waals surface area contributed by atoms with E-state index in [1.54, 1.807) is 18.7 Å². The summed E-state index contributed by atoms with van der Waals surface area (Å²) in [6, 6.07) is 4.25. The zero-order valence-corrected chi connectivity index (χ0v) is 11.9. The number of benzene rings is 1. The van der Waals surface area contributed by atoms with Crippen LogP contribution in [0.2, 0.25) is 0 Å². The fourth-order valence-electron chi connectivity index (χ4n) is 2.22. The standard InChI is InChI=1S/C15H17N5/c1-10-4-13-14(5-11(10)2)20(9-18-13)15-8-17-7-12(19-15)6-16-3/h4-5,7-9,16H,6H2,1-3H3. The van der Waals surface area contributed by atoms with Crippen LogP contribution in [0.4, 0.5) is 0 Å². The van der Waals surface area contributed by atoms with Crippen LogP contribution in [0.25, 0.3) is 16.9 Å². The average Bonchev–Trinajstić information content (AvgIpc) is 2.83. The van der Waals surface area contributed by atoms with Gasteiger partial charge in [0.25, 0.3) is 0 Å². The lowest BCUT2D eigenvalue weighted by molar-refractivity contribution is 0.777. The lowest BCUT2D eigenvalue weighted by Gasteiger charge is -2.06. The summed E-state index contributed by atoms with van der Waals surface area (Å²) in [4.78, 5) is 13.3. The van der Waals surface area contributed by atoms with Gasteiger partial charge < -0.3 is 5.32 Å². The van der Waals surface area contributed by atoms with E-state index in [-0.39, 0.29) is 0 Å². The molecule has 3 rings (SSSR count). The van der Waals surface area contributed by atoms with Crippen molar-refractivity contribution >= 4 is 11.0 Å². The first kappa shape index (κ1) is 12.7. The lowest BCUT2D eigenvalue weighted by Crippen LogP contribution is -2.09. The molecule has 0 amide bonds. The van der Waals surface area contributed by atoms with Crippen LogP contribution in [0, 0.1) is 13.8 Å². The van der Waals surface area contributed by atoms with Crippen molar-refractivity contribution in [1.29, 1.82) is 0 Å². The van der Waals surface area contributed by atoms with Gasteiger partial charge in [0, 0.05) is 12.7 Å². The smallest absolute Gasteiger partial charge is 0.157 e. The molecule has 0 atom stereocenters. The van der Waals surface area contributed by atoms with Crippen LogP contribution in [-0.4, -0.2) is 26.6 Å². The second-order valence-corrected chi connectivity index (χ2v) is 4.94. The van der Waals surface area contributed by atoms with Crippen molar-refractivity contribution in [3.05, 3.63) is 47.7 Å². The number of rotatable bonds is 3. The Morgan fingerprint density at radius 1 is 1.15 bits per heavy atom. The number of hydrogen-bond acceptors (Lipinski definition) is 4. The van der Waals surface area contributed by atoms with E-state index in [0.717, 1.165) is 22.5 Å². The fourth-order valence-corrected chi connectivity index (χ4v) is 2.22. The molecule has 0 aliphatic rings. The molecule has 5 nitrogen and oxygen atoms in total. The molecule has 0 bridgehead atoms. The maximum atomic E-state index is 4.61. The highest BCUT2D eigenvalue weighted by molar-refractivity contribution is 5.78. The van der Waals surface area contributed by atoms with E-state index in [0.29, 0.717) is 6.54 Å². The van der Waals surface area contributed by atoms with Crippen LogP contribution in [-0.2, 0) is 6.54 Å². The predicted octanol–water partition coefficient (Wildman–Crippen LogP) is 2.15. The van der Waals surface area contributed by atoms with E-state index >= 15 is 0 Å². The molecular weight excluding hydrogens is 250 g/mol. The molecular formula is C15H17N5. The Morgan fingerprint density at radius 2 is 1.95 bits per heavy atom. The summed E-state index contributed by atoms with van der Waals surface area (Å²) in [5.74, 6) is 0.795. The van der Waals surface area contributed by atoms with E-state index in [1.165, 1.54) is 11.1 Å². The molecule has 0 radical (unpaired) electrons. The fraction of sp³-hybridized carbons (Fsp3) is 0.267. The molecule has 0 unspecified atom stereocenters. The second-order valence-electron chi connectivity index (χ2n) is 4.94. The van der Waals surface area contributed by atoms with Crippen LogP contribution in [0.5, 0.6) is 0 Å². The molecule has 0 aliphatic heterocycles. The third-order valence-electron chi connectivity index (χ3n) is 3.44. The first-order chi connectivity index (χ1) is 9.69. The monoisotopic (exact) mass is 267 g/mol. The number of imidazole rings is 1. The van der Waals surface area contributed by atoms with Crippen LogP contribution >= 0.6 is 0 Å². The molecule has 102 valence electrons. The minimum absolute atomic E-state index is 0.700. The second kappa shape index (κ2) is 5.02. The third kappa shape index (κ3) is 2.16. The molecule has 20 heavy (non-hydrogen) atoms. The lowest BCUT2D eigenvalue weighted by atomic mass is 10.1. The van der Waals surface area contributed by atoms with E-state index in [1.807, 2.05) is 11.6 Å². The molecule has 0 saturated heterocycles. The highest BCUT2D eigenvalue weighted by atomic mass is 15.1. The topological polar surface area (TPSA) is 55.6 Å². The summed E-state index contributed by atoms with van der Waals surface area (Å²) in [5, 5.41) is 3.08. The normalized spacial score (nSPS) is 11.2. The summed E-state index contributed by atoms with van der Waals surface area (Å²) >= 11 is 0. The van der Waals surface area contributed by atoms with Gasteiger partial charge in [-0.25, -0.2) is 9.97 Å². The van der Waals surface area contributed by atoms with Crippen molar-refractivity contribution in [2.75, 3.05) is 7.05 Å². The van der Waals surface area contributed by atoms with E-state index < -0.39 is 0 Å². The summed E-state index contributed by atoms with van der Waals surface area (Å²) in [6.45, 7) is 4.90. The Bertz CT molecular complexity index is 760. The number of aryl methyl sites for hydroxylation is 2. The third-order valence-corrected chi connectivity index (χ3v) is 3.44. The molecule has 1 N–H and O–H groups in total. The molecule has 1 aromatic carbocycles. The quantitative estimate of drug-likeness (QED) is 0.790. The SMILES string of the molecule is CNCc1cncc(-n2cnc3cc(C)c(C)cc32)n1. The zero-order chi connectivity index (χ0) is 14.1. The number of nitrogens with one attached hydrogen (secondary N) is 1. The zero-order valence-electron chi connectivity index (χ0n) is 11.9. The van der Waals surface area contributed by atoms with Crippen LogP contribution in [0.3, 0.4) is 0 Å². The van der Waals surface area contributed by atoms with Gasteiger partial charge >= 0.3 is 0 Å². The van der Waals surface area contributed by atoms with Crippen molar-refractivity contribution in [2.24, 2.45) is 0 Å². The van der Waals surface area contributed by atoms with Gasteiger partial charge in [0.05, 0.1) is 22.9 Å². The molecule has 0 spiro atoms. The number of nitrogens with zero attached hydrogens (tertiary/aromatic N) is 4. The van der Waals surface area contributed by atoms with Crippen molar-refractivity contribution in [3.63, 3.8) is 0 Å². The van der Waals surface area contributed by atoms with Crippen LogP contribution in [0.1, 0.15) is 16.8 Å². The summed E-state index contributed by atoms with van der Waals surface area (Å²) < 4.78 is 1.98. The minimum atomic E-state index is 0.700. The van der Waals surface area contributed by atoms with Crippen molar-refractivity contribution < 1.29 is 0 Å². The van der Waals surface area contributed by atoms with Gasteiger partial charge in [-0.2, -0.15) is 0 Å². The van der Waals surface area contributed by atoms with E-state index in [9.17, 15) is 0 Å². The molecule has 0 saturated carbocycles. The molecule has 5 heteroatoms. The van der Waals surface area contributed by atoms with Gasteiger partial charge in [-0.05, 0) is 44.2 Å². The first-order valence-corrected chi connectivity index (χ1v) is 6.59. The number of aromatic nitrogens is 4. The highest BCUT2D eigenvalue weighted by Gasteiger charge is 2.08. The molecule has 0 aliphatic carbocycles. The van der Waals surface area contributed by atoms with Gasteiger partial charge in [-0.3, -0.25) is 9.55 Å². The Kier molecular flexibility index (Phi) is 3.20. The van der Waals surface area contributed by atoms with Crippen molar-refractivity contribution in [3.8, 4) is 5.82 Å². The summed E-state index contributed by atoms with van der Waals surface area (Å²) in [6.07, 6.45) is 5.33. The van der Waals surface area contributed by atoms with Crippen molar-refractivity contribution in [2.45, 2.75) is 20.4 Å². The van der Waals surface area contributed by atoms with Gasteiger partial charge in [0.2, 0.25) is 0 Å². The first-order valence-electron chi connectivity index (χ1n) is 6.59. The minimum Gasteiger partial charge on any atom is -0.314 e. The summed E-state index contributed by atoms with van der Waals surface area (Å²) in [7, 11) is 1.90. The van der Waals surface area contributed by atoms with E-state index in [2.05, 4.69) is 46.2 Å². The van der Waals surface area contributed by atoms with Gasteiger partial charge in [0.1, 0.15) is 6.33 Å². The summed E-state index contributed by atoms with van der Waals surface area (Å²) in [5.41, 5.74) is 5.45. The Morgan fingerprint density at radius 3 is 2.75 bits per heavy atom. The molecule has 2 heterocycles. The number of fused-ring (bicyclic) bond motifs is 1. The van der Waals surface area contributed by atoms with Crippen LogP contribution < -0.4 is 5.32 Å².